The van der Waals surface area contributed by atoms with Gasteiger partial charge in [0.05, 0.1) is 33.8 Å². The van der Waals surface area contributed by atoms with Gasteiger partial charge in [-0.15, -0.1) is 0 Å². The minimum absolute atomic E-state index is 0.0427. The number of cyclic esters (lactones) is 1. The number of rotatable bonds is 14. The lowest BCUT2D eigenvalue weighted by atomic mass is 9.82. The van der Waals surface area contributed by atoms with Crippen LogP contribution < -0.4 is 9.47 Å². The number of esters is 1. The van der Waals surface area contributed by atoms with Gasteiger partial charge in [0.15, 0.2) is 11.5 Å². The Bertz CT molecular complexity index is 995. The number of hydrogen-bond acceptors (Lipinski definition) is 6. The summed E-state index contributed by atoms with van der Waals surface area (Å²) in [4.78, 5) is 15.3. The molecule has 2 rings (SSSR count). The molecule has 0 N–H and O–H groups in total. The highest BCUT2D eigenvalue weighted by Crippen LogP contribution is 2.35. The first-order valence-electron chi connectivity index (χ1n) is 14.4. The molecule has 184 valence electrons. The van der Waals surface area contributed by atoms with Crippen LogP contribution in [0.1, 0.15) is 60.7 Å². The molecule has 1 saturated heterocycles. The molecule has 1 heterocycles. The fourth-order valence-electron chi connectivity index (χ4n) is 4.14. The Hall–Kier alpha value is -2.44. The van der Waals surface area contributed by atoms with Crippen molar-refractivity contribution in [3.8, 4) is 11.5 Å². The highest BCUT2D eigenvalue weighted by molar-refractivity contribution is 5.75. The van der Waals surface area contributed by atoms with Crippen LogP contribution in [0, 0.1) is 23.7 Å². The van der Waals surface area contributed by atoms with Gasteiger partial charge in [-0.3, -0.25) is 4.79 Å². The summed E-state index contributed by atoms with van der Waals surface area (Å²) in [6, 6.07) is 4.48. The third kappa shape index (κ3) is 7.83. The summed E-state index contributed by atoms with van der Waals surface area (Å²) >= 11 is 0. The molecular formula is C25H39N3O5. The summed E-state index contributed by atoms with van der Waals surface area (Å²) in [6.07, 6.45) is 1.37. The molecular weight excluding hydrogens is 422 g/mol. The minimum atomic E-state index is -2.68. The second-order valence-electron chi connectivity index (χ2n) is 9.21. The van der Waals surface area contributed by atoms with Crippen LogP contribution in [0.25, 0.3) is 10.4 Å². The van der Waals surface area contributed by atoms with E-state index in [0.29, 0.717) is 19.3 Å². The van der Waals surface area contributed by atoms with Crippen LogP contribution in [0.2, 0.25) is 0 Å². The van der Waals surface area contributed by atoms with Gasteiger partial charge in [0.1, 0.15) is 6.10 Å². The number of nitrogens with zero attached hydrogens (tertiary/aromatic N) is 3. The normalized spacial score (nSPS) is 23.3. The molecule has 0 aromatic heterocycles. The van der Waals surface area contributed by atoms with Crippen molar-refractivity contribution in [2.45, 2.75) is 65.5 Å². The molecule has 0 unspecified atom stereocenters. The first-order valence-corrected chi connectivity index (χ1v) is 11.4. The molecule has 1 aromatic carbocycles. The fraction of sp³-hybridized carbons (Fsp3) is 0.720. The van der Waals surface area contributed by atoms with E-state index in [4.69, 9.17) is 27.2 Å². The van der Waals surface area contributed by atoms with E-state index in [0.717, 1.165) is 5.56 Å². The van der Waals surface area contributed by atoms with Gasteiger partial charge in [-0.05, 0) is 60.2 Å². The molecule has 0 saturated carbocycles. The second kappa shape index (κ2) is 13.3. The van der Waals surface area contributed by atoms with Crippen LogP contribution in [0.5, 0.6) is 11.5 Å². The summed E-state index contributed by atoms with van der Waals surface area (Å²) in [7, 11) is -5.18. The monoisotopic (exact) mass is 467 g/mol. The summed E-state index contributed by atoms with van der Waals surface area (Å²) in [5.41, 5.74) is 10.1. The maximum atomic E-state index is 12.3. The molecule has 0 radical (unpaired) electrons. The Labute approximate surface area is 206 Å². The third-order valence-corrected chi connectivity index (χ3v) is 6.24. The Morgan fingerprint density at radius 3 is 2.70 bits per heavy atom. The molecule has 33 heavy (non-hydrogen) atoms. The predicted octanol–water partition coefficient (Wildman–Crippen LogP) is 5.58. The van der Waals surface area contributed by atoms with Gasteiger partial charge in [0, 0.05) is 25.0 Å². The lowest BCUT2D eigenvalue weighted by molar-refractivity contribution is -0.145. The maximum absolute atomic E-state index is 12.3. The van der Waals surface area contributed by atoms with Gasteiger partial charge < -0.3 is 18.9 Å². The SMILES string of the molecule is [2H]C([2H])([2H])OCCCOc1cc(C[C@@H](C[C@H](N=[N+]=[N-])[C@@H]2C[C@@H](C(C)C)C(=O)O2)C(C)C)ccc1OC([2H])([2H])[2H]. The number of carbonyl (C=O) groups is 1. The zero-order valence-corrected chi connectivity index (χ0v) is 19.8. The Kier molecular flexibility index (Phi) is 7.64. The summed E-state index contributed by atoms with van der Waals surface area (Å²) in [5.74, 6) is 0.150. The average molecular weight is 468 g/mol. The van der Waals surface area contributed by atoms with Crippen LogP contribution in [0.3, 0.4) is 0 Å². The highest BCUT2D eigenvalue weighted by Gasteiger charge is 2.40. The smallest absolute Gasteiger partial charge is 0.309 e. The van der Waals surface area contributed by atoms with Crippen LogP contribution in [-0.2, 0) is 20.7 Å². The molecule has 1 aromatic rings. The van der Waals surface area contributed by atoms with Crippen molar-refractivity contribution >= 4 is 5.97 Å². The molecule has 0 aliphatic carbocycles. The van der Waals surface area contributed by atoms with Crippen molar-refractivity contribution in [2.75, 3.05) is 27.3 Å². The zero-order valence-electron chi connectivity index (χ0n) is 25.8. The lowest BCUT2D eigenvalue weighted by Gasteiger charge is -2.27. The standard InChI is InChI=1S/C25H39N3O5/c1-16(2)19(14-21(27-28-26)23-15-20(17(3)4)25(29)33-23)12-18-8-9-22(31-6)24(13-18)32-11-7-10-30-5/h8-9,13,16-17,19-21,23H,7,10-12,14-15H2,1-6H3/t19-,20-,21-,23-/m0/s1/i5D3,6D3. The third-order valence-electron chi connectivity index (χ3n) is 6.24. The summed E-state index contributed by atoms with van der Waals surface area (Å²) in [5, 5.41) is 3.99. The number of ether oxygens (including phenoxy) is 4. The number of hydrogen-bond donors (Lipinski definition) is 0. The van der Waals surface area contributed by atoms with E-state index in [-0.39, 0.29) is 60.8 Å². The van der Waals surface area contributed by atoms with Crippen LogP contribution >= 0.6 is 0 Å². The molecule has 8 nitrogen and oxygen atoms in total. The van der Waals surface area contributed by atoms with E-state index in [9.17, 15) is 10.3 Å². The Morgan fingerprint density at radius 1 is 1.24 bits per heavy atom. The number of benzene rings is 1. The van der Waals surface area contributed by atoms with Gasteiger partial charge in [0.25, 0.3) is 0 Å². The van der Waals surface area contributed by atoms with E-state index < -0.39 is 26.2 Å². The maximum Gasteiger partial charge on any atom is 0.309 e. The molecule has 0 amide bonds. The molecule has 8 heteroatoms. The van der Waals surface area contributed by atoms with Crippen LogP contribution in [0.15, 0.2) is 23.3 Å². The van der Waals surface area contributed by atoms with Crippen molar-refractivity contribution in [3.63, 3.8) is 0 Å². The summed E-state index contributed by atoms with van der Waals surface area (Å²) in [6.45, 7) is 8.09. The van der Waals surface area contributed by atoms with Crippen molar-refractivity contribution < 1.29 is 32.0 Å². The fourth-order valence-corrected chi connectivity index (χ4v) is 4.14. The molecule has 0 spiro atoms. The van der Waals surface area contributed by atoms with Gasteiger partial charge in [0.2, 0.25) is 0 Å². The molecule has 1 aliphatic heterocycles. The zero-order chi connectivity index (χ0) is 29.4. The number of methoxy groups -OCH3 is 2. The average Bonchev–Trinajstić information content (AvgIpc) is 3.19. The van der Waals surface area contributed by atoms with E-state index in [1.165, 1.54) is 6.07 Å². The van der Waals surface area contributed by atoms with Crippen molar-refractivity contribution in [1.29, 1.82) is 0 Å². The topological polar surface area (TPSA) is 103 Å². The first-order chi connectivity index (χ1) is 18.1. The van der Waals surface area contributed by atoms with Gasteiger partial charge in [-0.2, -0.15) is 0 Å². The number of azide groups is 1. The van der Waals surface area contributed by atoms with Crippen LogP contribution in [0.4, 0.5) is 0 Å². The van der Waals surface area contributed by atoms with Crippen molar-refractivity contribution in [1.82, 2.24) is 0 Å². The van der Waals surface area contributed by atoms with Crippen LogP contribution in [-0.4, -0.2) is 45.4 Å². The van der Waals surface area contributed by atoms with Crippen molar-refractivity contribution in [3.05, 3.63) is 34.2 Å². The van der Waals surface area contributed by atoms with E-state index >= 15 is 0 Å². The molecule has 1 fully saturated rings. The first kappa shape index (κ1) is 18.9. The number of carbonyl (C=O) groups excluding carboxylic acids is 1. The van der Waals surface area contributed by atoms with Crippen molar-refractivity contribution in [2.24, 2.45) is 28.8 Å². The summed E-state index contributed by atoms with van der Waals surface area (Å²) < 4.78 is 64.9. The predicted molar refractivity (Wildman–Crippen MR) is 127 cm³/mol. The minimum Gasteiger partial charge on any atom is -0.493 e. The Morgan fingerprint density at radius 2 is 2.06 bits per heavy atom. The van der Waals surface area contributed by atoms with E-state index in [1.807, 2.05) is 13.8 Å². The molecule has 0 bridgehead atoms. The second-order valence-corrected chi connectivity index (χ2v) is 9.21. The molecule has 1 aliphatic rings. The van der Waals surface area contributed by atoms with E-state index in [2.05, 4.69) is 23.9 Å². The quantitative estimate of drug-likeness (QED) is 0.117. The van der Waals surface area contributed by atoms with Gasteiger partial charge in [-0.1, -0.05) is 38.9 Å². The largest absolute Gasteiger partial charge is 0.493 e. The Balaban J connectivity index is 2.18. The van der Waals surface area contributed by atoms with E-state index in [1.54, 1.807) is 12.1 Å². The van der Waals surface area contributed by atoms with Gasteiger partial charge in [-0.25, -0.2) is 0 Å². The van der Waals surface area contributed by atoms with Gasteiger partial charge >= 0.3 is 5.97 Å². The lowest BCUT2D eigenvalue weighted by Crippen LogP contribution is -2.29. The highest BCUT2D eigenvalue weighted by atomic mass is 16.6. The molecule has 4 atom stereocenters.